The number of carbonyl (C=O) groups is 1. The number of fused-ring (bicyclic) bond motifs is 1. The fourth-order valence-electron chi connectivity index (χ4n) is 4.50. The number of amides is 1. The van der Waals surface area contributed by atoms with Crippen molar-refractivity contribution in [3.8, 4) is 0 Å². The van der Waals surface area contributed by atoms with E-state index in [1.807, 2.05) is 0 Å². The SMILES string of the molecule is CN1CCN(c2nc(N3CCCC3)nc3c2CN(C(=O)C2CC2)CC3)CC1. The molecule has 3 aliphatic heterocycles. The van der Waals surface area contributed by atoms with E-state index in [0.29, 0.717) is 12.5 Å². The van der Waals surface area contributed by atoms with E-state index in [4.69, 9.17) is 9.97 Å². The summed E-state index contributed by atoms with van der Waals surface area (Å²) in [5.41, 5.74) is 2.36. The molecule has 1 amide bonds. The Morgan fingerprint density at radius 1 is 0.926 bits per heavy atom. The molecule has 1 saturated carbocycles. The van der Waals surface area contributed by atoms with E-state index in [-0.39, 0.29) is 5.92 Å². The minimum absolute atomic E-state index is 0.281. The van der Waals surface area contributed by atoms with E-state index in [1.54, 1.807) is 0 Å². The van der Waals surface area contributed by atoms with Crippen LogP contribution in [0.3, 0.4) is 0 Å². The van der Waals surface area contributed by atoms with Crippen LogP contribution in [0.2, 0.25) is 0 Å². The number of rotatable bonds is 3. The van der Waals surface area contributed by atoms with E-state index < -0.39 is 0 Å². The van der Waals surface area contributed by atoms with Crippen LogP contribution in [0.25, 0.3) is 0 Å². The van der Waals surface area contributed by atoms with Gasteiger partial charge < -0.3 is 19.6 Å². The van der Waals surface area contributed by atoms with Crippen LogP contribution in [0.1, 0.15) is 36.9 Å². The lowest BCUT2D eigenvalue weighted by atomic mass is 10.0. The molecule has 0 aromatic carbocycles. The quantitative estimate of drug-likeness (QED) is 0.795. The molecule has 0 radical (unpaired) electrons. The van der Waals surface area contributed by atoms with Crippen LogP contribution in [0.15, 0.2) is 0 Å². The van der Waals surface area contributed by atoms with Gasteiger partial charge in [0.2, 0.25) is 11.9 Å². The molecule has 2 saturated heterocycles. The lowest BCUT2D eigenvalue weighted by Gasteiger charge is -2.37. The van der Waals surface area contributed by atoms with Crippen molar-refractivity contribution < 1.29 is 4.79 Å². The van der Waals surface area contributed by atoms with Crippen LogP contribution in [0, 0.1) is 5.92 Å². The Bertz CT molecular complexity index is 719. The van der Waals surface area contributed by atoms with E-state index in [1.165, 1.54) is 24.1 Å². The first-order valence-corrected chi connectivity index (χ1v) is 10.6. The molecule has 1 aromatic rings. The van der Waals surface area contributed by atoms with Crippen molar-refractivity contribution in [2.75, 3.05) is 62.7 Å². The normalized spacial score (nSPS) is 23.7. The Kier molecular flexibility index (Phi) is 4.42. The molecule has 3 fully saturated rings. The molecule has 7 nitrogen and oxygen atoms in total. The second-order valence-corrected chi connectivity index (χ2v) is 8.54. The predicted molar refractivity (Wildman–Crippen MR) is 105 cm³/mol. The zero-order chi connectivity index (χ0) is 18.4. The molecular weight excluding hydrogens is 340 g/mol. The minimum atomic E-state index is 0.281. The highest BCUT2D eigenvalue weighted by molar-refractivity contribution is 5.81. The molecule has 27 heavy (non-hydrogen) atoms. The first kappa shape index (κ1) is 17.2. The third kappa shape index (κ3) is 3.37. The van der Waals surface area contributed by atoms with Crippen LogP contribution in [0.4, 0.5) is 11.8 Å². The first-order valence-electron chi connectivity index (χ1n) is 10.6. The van der Waals surface area contributed by atoms with Gasteiger partial charge in [0.25, 0.3) is 0 Å². The van der Waals surface area contributed by atoms with Crippen molar-refractivity contribution in [3.05, 3.63) is 11.3 Å². The highest BCUT2D eigenvalue weighted by Gasteiger charge is 2.36. The van der Waals surface area contributed by atoms with Crippen molar-refractivity contribution in [2.45, 2.75) is 38.6 Å². The topological polar surface area (TPSA) is 55.8 Å². The first-order chi connectivity index (χ1) is 13.2. The molecule has 0 atom stereocenters. The third-order valence-corrected chi connectivity index (χ3v) is 6.46. The highest BCUT2D eigenvalue weighted by atomic mass is 16.2. The lowest BCUT2D eigenvalue weighted by molar-refractivity contribution is -0.133. The number of likely N-dealkylation sites (N-methyl/N-ethyl adjacent to an activating group) is 1. The second-order valence-electron chi connectivity index (χ2n) is 8.54. The highest BCUT2D eigenvalue weighted by Crippen LogP contribution is 2.35. The molecule has 0 bridgehead atoms. The predicted octanol–water partition coefficient (Wildman–Crippen LogP) is 1.12. The smallest absolute Gasteiger partial charge is 0.227 e. The third-order valence-electron chi connectivity index (χ3n) is 6.46. The number of hydrogen-bond donors (Lipinski definition) is 0. The van der Waals surface area contributed by atoms with E-state index in [9.17, 15) is 4.79 Å². The van der Waals surface area contributed by atoms with Gasteiger partial charge in [-0.3, -0.25) is 4.79 Å². The summed E-state index contributed by atoms with van der Waals surface area (Å²) >= 11 is 0. The summed E-state index contributed by atoms with van der Waals surface area (Å²) < 4.78 is 0. The molecule has 4 heterocycles. The maximum absolute atomic E-state index is 12.6. The number of anilines is 2. The largest absolute Gasteiger partial charge is 0.354 e. The van der Waals surface area contributed by atoms with Crippen LogP contribution in [0.5, 0.6) is 0 Å². The lowest BCUT2D eigenvalue weighted by Crippen LogP contribution is -2.46. The number of carbonyl (C=O) groups excluding carboxylic acids is 1. The van der Waals surface area contributed by atoms with Gasteiger partial charge in [-0.1, -0.05) is 0 Å². The van der Waals surface area contributed by atoms with Crippen molar-refractivity contribution in [2.24, 2.45) is 5.92 Å². The van der Waals surface area contributed by atoms with Gasteiger partial charge in [-0.05, 0) is 32.7 Å². The number of hydrogen-bond acceptors (Lipinski definition) is 6. The molecule has 0 unspecified atom stereocenters. The van der Waals surface area contributed by atoms with Crippen LogP contribution in [-0.2, 0) is 17.8 Å². The Morgan fingerprint density at radius 3 is 2.37 bits per heavy atom. The number of aromatic nitrogens is 2. The van der Waals surface area contributed by atoms with Gasteiger partial charge in [-0.15, -0.1) is 0 Å². The summed E-state index contributed by atoms with van der Waals surface area (Å²) in [6, 6.07) is 0. The summed E-state index contributed by atoms with van der Waals surface area (Å²) in [6.07, 6.45) is 5.45. The zero-order valence-corrected chi connectivity index (χ0v) is 16.4. The van der Waals surface area contributed by atoms with E-state index in [2.05, 4.69) is 26.6 Å². The summed E-state index contributed by atoms with van der Waals surface area (Å²) in [6.45, 7) is 7.73. The van der Waals surface area contributed by atoms with E-state index in [0.717, 1.165) is 76.8 Å². The van der Waals surface area contributed by atoms with Crippen molar-refractivity contribution in [3.63, 3.8) is 0 Å². The van der Waals surface area contributed by atoms with Crippen molar-refractivity contribution >= 4 is 17.7 Å². The standard InChI is InChI=1S/C20H30N6O/c1-23-10-12-24(13-11-23)18-16-14-26(19(27)15-4-5-15)9-6-17(16)21-20(22-18)25-7-2-3-8-25/h15H,2-14H2,1H3. The Morgan fingerprint density at radius 2 is 1.67 bits per heavy atom. The summed E-state index contributed by atoms with van der Waals surface area (Å²) in [7, 11) is 2.18. The number of nitrogens with zero attached hydrogens (tertiary/aromatic N) is 6. The van der Waals surface area contributed by atoms with Gasteiger partial charge in [0.15, 0.2) is 0 Å². The van der Waals surface area contributed by atoms with Gasteiger partial charge in [-0.2, -0.15) is 4.98 Å². The molecule has 0 N–H and O–H groups in total. The molecule has 1 aromatic heterocycles. The maximum atomic E-state index is 12.6. The monoisotopic (exact) mass is 370 g/mol. The van der Waals surface area contributed by atoms with Gasteiger partial charge in [0.1, 0.15) is 5.82 Å². The fourth-order valence-corrected chi connectivity index (χ4v) is 4.50. The summed E-state index contributed by atoms with van der Waals surface area (Å²) in [5.74, 6) is 2.61. The molecule has 7 heteroatoms. The summed E-state index contributed by atoms with van der Waals surface area (Å²) in [4.78, 5) is 31.8. The molecule has 5 rings (SSSR count). The maximum Gasteiger partial charge on any atom is 0.227 e. The van der Waals surface area contributed by atoms with Crippen LogP contribution in [-0.4, -0.2) is 78.5 Å². The Hall–Kier alpha value is -1.89. The minimum Gasteiger partial charge on any atom is -0.354 e. The van der Waals surface area contributed by atoms with Crippen LogP contribution >= 0.6 is 0 Å². The molecule has 0 spiro atoms. The molecular formula is C20H30N6O. The van der Waals surface area contributed by atoms with Gasteiger partial charge in [-0.25, -0.2) is 4.98 Å². The second kappa shape index (κ2) is 6.93. The van der Waals surface area contributed by atoms with Crippen LogP contribution < -0.4 is 9.80 Å². The Labute approximate surface area is 161 Å². The molecule has 146 valence electrons. The van der Waals surface area contributed by atoms with E-state index >= 15 is 0 Å². The average molecular weight is 371 g/mol. The van der Waals surface area contributed by atoms with Gasteiger partial charge in [0.05, 0.1) is 12.2 Å². The van der Waals surface area contributed by atoms with Gasteiger partial charge in [0, 0.05) is 63.7 Å². The van der Waals surface area contributed by atoms with Crippen molar-refractivity contribution in [1.82, 2.24) is 19.8 Å². The summed E-state index contributed by atoms with van der Waals surface area (Å²) in [5, 5.41) is 0. The van der Waals surface area contributed by atoms with Crippen molar-refractivity contribution in [1.29, 1.82) is 0 Å². The molecule has 4 aliphatic rings. The average Bonchev–Trinajstić information content (AvgIpc) is 3.40. The van der Waals surface area contributed by atoms with Gasteiger partial charge >= 0.3 is 0 Å². The number of piperazine rings is 1. The fraction of sp³-hybridized carbons (Fsp3) is 0.750. The zero-order valence-electron chi connectivity index (χ0n) is 16.4. The molecule has 1 aliphatic carbocycles. The Balaban J connectivity index is 1.48.